The van der Waals surface area contributed by atoms with Crippen LogP contribution in [-0.2, 0) is 41.7 Å². The summed E-state index contributed by atoms with van der Waals surface area (Å²) in [6, 6.07) is 15.0. The molecule has 9 heteroatoms. The molecular weight excluding hydrogens is 464 g/mol. The first-order valence-corrected chi connectivity index (χ1v) is 12.0. The Kier molecular flexibility index (Phi) is 12.0. The van der Waals surface area contributed by atoms with Crippen LogP contribution in [0.15, 0.2) is 54.6 Å². The molecule has 0 aliphatic heterocycles. The molecule has 2 atom stereocenters. The van der Waals surface area contributed by atoms with E-state index in [0.717, 1.165) is 11.1 Å². The number of amides is 2. The molecule has 2 N–H and O–H groups in total. The van der Waals surface area contributed by atoms with Crippen LogP contribution in [0, 0.1) is 0 Å². The van der Waals surface area contributed by atoms with Crippen molar-refractivity contribution in [2.45, 2.75) is 58.7 Å². The summed E-state index contributed by atoms with van der Waals surface area (Å²) in [5.41, 5.74) is 1.83. The largest absolute Gasteiger partial charge is 0.489 e. The highest BCUT2D eigenvalue weighted by atomic mass is 16.5. The number of benzene rings is 2. The van der Waals surface area contributed by atoms with Gasteiger partial charge in [-0.2, -0.15) is 0 Å². The van der Waals surface area contributed by atoms with Crippen molar-refractivity contribution in [3.63, 3.8) is 0 Å². The molecule has 0 radical (unpaired) electrons. The van der Waals surface area contributed by atoms with Gasteiger partial charge in [0.15, 0.2) is 0 Å². The van der Waals surface area contributed by atoms with Gasteiger partial charge in [-0.1, -0.05) is 42.5 Å². The van der Waals surface area contributed by atoms with E-state index in [9.17, 15) is 19.2 Å². The predicted octanol–water partition coefficient (Wildman–Crippen LogP) is 2.70. The first-order valence-electron chi connectivity index (χ1n) is 12.0. The minimum absolute atomic E-state index is 0.0175. The number of nitrogens with one attached hydrogen (secondary N) is 2. The number of hydrogen-bond acceptors (Lipinski definition) is 7. The number of esters is 2. The van der Waals surface area contributed by atoms with Crippen molar-refractivity contribution in [2.24, 2.45) is 0 Å². The topological polar surface area (TPSA) is 120 Å². The molecule has 0 aliphatic rings. The first kappa shape index (κ1) is 28.4. The highest BCUT2D eigenvalue weighted by Crippen LogP contribution is 2.16. The van der Waals surface area contributed by atoms with E-state index in [1.165, 1.54) is 6.92 Å². The van der Waals surface area contributed by atoms with Crippen molar-refractivity contribution in [1.29, 1.82) is 0 Å². The second-order valence-corrected chi connectivity index (χ2v) is 8.03. The molecule has 0 aromatic heterocycles. The van der Waals surface area contributed by atoms with Crippen LogP contribution in [0.5, 0.6) is 5.75 Å². The van der Waals surface area contributed by atoms with Gasteiger partial charge in [-0.25, -0.2) is 4.79 Å². The predicted molar refractivity (Wildman–Crippen MR) is 133 cm³/mol. The molecule has 0 bridgehead atoms. The van der Waals surface area contributed by atoms with E-state index in [1.807, 2.05) is 42.5 Å². The van der Waals surface area contributed by atoms with Crippen molar-refractivity contribution < 1.29 is 33.4 Å². The van der Waals surface area contributed by atoms with Crippen LogP contribution in [0.4, 0.5) is 0 Å². The number of ether oxygens (including phenoxy) is 3. The van der Waals surface area contributed by atoms with Crippen LogP contribution < -0.4 is 15.4 Å². The maximum atomic E-state index is 13.0. The minimum atomic E-state index is -1.05. The van der Waals surface area contributed by atoms with Crippen molar-refractivity contribution in [1.82, 2.24) is 10.6 Å². The normalized spacial score (nSPS) is 12.1. The van der Waals surface area contributed by atoms with E-state index in [2.05, 4.69) is 10.6 Å². The third-order valence-electron chi connectivity index (χ3n) is 5.14. The number of carbonyl (C=O) groups excluding carboxylic acids is 4. The number of carbonyl (C=O) groups is 4. The summed E-state index contributed by atoms with van der Waals surface area (Å²) in [6.45, 7) is 5.41. The maximum Gasteiger partial charge on any atom is 0.328 e. The highest BCUT2D eigenvalue weighted by molar-refractivity contribution is 5.90. The van der Waals surface area contributed by atoms with Gasteiger partial charge in [0.25, 0.3) is 0 Å². The fourth-order valence-electron chi connectivity index (χ4n) is 3.41. The molecule has 2 amide bonds. The Balaban J connectivity index is 2.03. The van der Waals surface area contributed by atoms with Gasteiger partial charge in [-0.3, -0.25) is 14.4 Å². The second kappa shape index (κ2) is 15.2. The monoisotopic (exact) mass is 498 g/mol. The highest BCUT2D eigenvalue weighted by Gasteiger charge is 2.28. The Morgan fingerprint density at radius 1 is 0.806 bits per heavy atom. The van der Waals surface area contributed by atoms with Gasteiger partial charge in [-0.15, -0.1) is 0 Å². The third-order valence-corrected chi connectivity index (χ3v) is 5.14. The molecular formula is C27H34N2O7. The molecule has 0 fully saturated rings. The van der Waals surface area contributed by atoms with Crippen molar-refractivity contribution in [3.8, 4) is 5.75 Å². The molecule has 0 saturated heterocycles. The Morgan fingerprint density at radius 3 is 2.08 bits per heavy atom. The second-order valence-electron chi connectivity index (χ2n) is 8.03. The summed E-state index contributed by atoms with van der Waals surface area (Å²) in [4.78, 5) is 48.9. The Bertz CT molecular complexity index is 993. The SMILES string of the molecule is CCOC(=O)CC[C@H](NC(=O)[C@H](Cc1ccc(OCc2ccccc2)cc1)NC(C)=O)C(=O)OCC. The summed E-state index contributed by atoms with van der Waals surface area (Å²) in [6.07, 6.45) is 0.147. The average molecular weight is 499 g/mol. The molecule has 2 aromatic rings. The molecule has 0 heterocycles. The van der Waals surface area contributed by atoms with Crippen molar-refractivity contribution in [3.05, 3.63) is 65.7 Å². The fraction of sp³-hybridized carbons (Fsp3) is 0.407. The smallest absolute Gasteiger partial charge is 0.328 e. The zero-order valence-corrected chi connectivity index (χ0v) is 21.0. The van der Waals surface area contributed by atoms with E-state index in [4.69, 9.17) is 14.2 Å². The Hall–Kier alpha value is -3.88. The molecule has 0 aliphatic carbocycles. The standard InChI is InChI=1S/C27H34N2O7/c1-4-34-25(31)16-15-23(27(33)35-5-2)29-26(32)24(28-19(3)30)17-20-11-13-22(14-12-20)36-18-21-9-7-6-8-10-21/h6-14,23-24H,4-5,15-18H2,1-3H3,(H,28,30)(H,29,32)/t23-,24-/m0/s1. The van der Waals surface area contributed by atoms with Crippen LogP contribution in [-0.4, -0.2) is 49.1 Å². The fourth-order valence-corrected chi connectivity index (χ4v) is 3.41. The van der Waals surface area contributed by atoms with Gasteiger partial charge in [0.05, 0.1) is 13.2 Å². The van der Waals surface area contributed by atoms with Gasteiger partial charge in [0.2, 0.25) is 11.8 Å². The van der Waals surface area contributed by atoms with E-state index < -0.39 is 35.8 Å². The van der Waals surface area contributed by atoms with Gasteiger partial charge >= 0.3 is 11.9 Å². The lowest BCUT2D eigenvalue weighted by Gasteiger charge is -2.22. The molecule has 9 nitrogen and oxygen atoms in total. The summed E-state index contributed by atoms with van der Waals surface area (Å²) < 4.78 is 15.7. The number of hydrogen-bond donors (Lipinski definition) is 2. The molecule has 0 unspecified atom stereocenters. The van der Waals surface area contributed by atoms with Crippen molar-refractivity contribution >= 4 is 23.8 Å². The van der Waals surface area contributed by atoms with Crippen LogP contribution in [0.3, 0.4) is 0 Å². The molecule has 194 valence electrons. The van der Waals surface area contributed by atoms with Crippen LogP contribution in [0.2, 0.25) is 0 Å². The minimum Gasteiger partial charge on any atom is -0.489 e. The van der Waals surface area contributed by atoms with Gasteiger partial charge in [0, 0.05) is 19.8 Å². The van der Waals surface area contributed by atoms with Crippen molar-refractivity contribution in [2.75, 3.05) is 13.2 Å². The molecule has 2 rings (SSSR count). The van der Waals surface area contributed by atoms with Crippen LogP contribution in [0.1, 0.15) is 44.7 Å². The zero-order valence-electron chi connectivity index (χ0n) is 21.0. The molecule has 2 aromatic carbocycles. The van der Waals surface area contributed by atoms with Gasteiger partial charge in [0.1, 0.15) is 24.4 Å². The average Bonchev–Trinajstić information content (AvgIpc) is 2.86. The third kappa shape index (κ3) is 10.2. The van der Waals surface area contributed by atoms with E-state index in [1.54, 1.807) is 26.0 Å². The lowest BCUT2D eigenvalue weighted by molar-refractivity contribution is -0.149. The molecule has 0 saturated carbocycles. The summed E-state index contributed by atoms with van der Waals surface area (Å²) in [5, 5.41) is 5.24. The lowest BCUT2D eigenvalue weighted by atomic mass is 10.0. The van der Waals surface area contributed by atoms with Crippen LogP contribution >= 0.6 is 0 Å². The first-order chi connectivity index (χ1) is 17.3. The Morgan fingerprint density at radius 2 is 1.47 bits per heavy atom. The van der Waals surface area contributed by atoms with Gasteiger partial charge in [-0.05, 0) is 43.5 Å². The van der Waals surface area contributed by atoms with Gasteiger partial charge < -0.3 is 24.8 Å². The summed E-state index contributed by atoms with van der Waals surface area (Å²) in [5.74, 6) is -1.41. The maximum absolute atomic E-state index is 13.0. The van der Waals surface area contributed by atoms with E-state index >= 15 is 0 Å². The quantitative estimate of drug-likeness (QED) is 0.384. The molecule has 36 heavy (non-hydrogen) atoms. The number of rotatable bonds is 14. The lowest BCUT2D eigenvalue weighted by Crippen LogP contribution is -2.52. The summed E-state index contributed by atoms with van der Waals surface area (Å²) >= 11 is 0. The van der Waals surface area contributed by atoms with E-state index in [0.29, 0.717) is 12.4 Å². The zero-order chi connectivity index (χ0) is 26.3. The van der Waals surface area contributed by atoms with E-state index in [-0.39, 0.29) is 32.5 Å². The Labute approximate surface area is 211 Å². The molecule has 0 spiro atoms. The summed E-state index contributed by atoms with van der Waals surface area (Å²) in [7, 11) is 0. The van der Waals surface area contributed by atoms with Crippen LogP contribution in [0.25, 0.3) is 0 Å².